The van der Waals surface area contributed by atoms with Gasteiger partial charge in [-0.2, -0.15) is 0 Å². The number of carbonyl (C=O) groups is 1. The van der Waals surface area contributed by atoms with Crippen molar-refractivity contribution in [1.29, 1.82) is 0 Å². The third-order valence-electron chi connectivity index (χ3n) is 3.82. The minimum atomic E-state index is 0. The van der Waals surface area contributed by atoms with Gasteiger partial charge in [-0.15, -0.1) is 12.4 Å². The largest absolute Gasteiger partial charge is 0.376 e. The first-order valence-corrected chi connectivity index (χ1v) is 6.84. The van der Waals surface area contributed by atoms with Crippen LogP contribution in [0.2, 0.25) is 0 Å². The highest BCUT2D eigenvalue weighted by molar-refractivity contribution is 5.85. The fourth-order valence-corrected chi connectivity index (χ4v) is 2.73. The van der Waals surface area contributed by atoms with Crippen molar-refractivity contribution in [3.63, 3.8) is 0 Å². The Labute approximate surface area is 116 Å². The van der Waals surface area contributed by atoms with Crippen LogP contribution >= 0.6 is 12.4 Å². The standard InChI is InChI=1S/C13H24N2O2.ClH/c1-15(10-12-4-2-3-9-17-12)13(16)11-5-7-14-8-6-11;/h11-12,14H,2-10H2,1H3;1H. The second kappa shape index (κ2) is 7.97. The maximum atomic E-state index is 12.2. The summed E-state index contributed by atoms with van der Waals surface area (Å²) in [5.74, 6) is 0.533. The fourth-order valence-electron chi connectivity index (χ4n) is 2.73. The molecule has 0 saturated carbocycles. The zero-order valence-electron chi connectivity index (χ0n) is 11.2. The van der Waals surface area contributed by atoms with Gasteiger partial charge in [-0.3, -0.25) is 4.79 Å². The monoisotopic (exact) mass is 276 g/mol. The molecule has 2 rings (SSSR count). The predicted molar refractivity (Wildman–Crippen MR) is 74.1 cm³/mol. The molecule has 0 spiro atoms. The molecule has 0 aromatic rings. The molecule has 2 heterocycles. The van der Waals surface area contributed by atoms with E-state index in [1.54, 1.807) is 0 Å². The molecule has 0 radical (unpaired) electrons. The number of amides is 1. The van der Waals surface area contributed by atoms with Crippen molar-refractivity contribution in [2.24, 2.45) is 5.92 Å². The third kappa shape index (κ3) is 4.41. The van der Waals surface area contributed by atoms with E-state index in [2.05, 4.69) is 5.32 Å². The van der Waals surface area contributed by atoms with Crippen molar-refractivity contribution in [1.82, 2.24) is 10.2 Å². The summed E-state index contributed by atoms with van der Waals surface area (Å²) >= 11 is 0. The average molecular weight is 277 g/mol. The van der Waals surface area contributed by atoms with Gasteiger partial charge < -0.3 is 15.0 Å². The summed E-state index contributed by atoms with van der Waals surface area (Å²) in [6, 6.07) is 0. The van der Waals surface area contributed by atoms with E-state index in [0.29, 0.717) is 5.91 Å². The van der Waals surface area contributed by atoms with E-state index in [4.69, 9.17) is 4.74 Å². The second-order valence-corrected chi connectivity index (χ2v) is 5.23. The highest BCUT2D eigenvalue weighted by atomic mass is 35.5. The molecule has 2 aliphatic heterocycles. The Morgan fingerprint density at radius 3 is 2.61 bits per heavy atom. The number of rotatable bonds is 3. The van der Waals surface area contributed by atoms with E-state index in [1.165, 1.54) is 12.8 Å². The highest BCUT2D eigenvalue weighted by Crippen LogP contribution is 2.17. The van der Waals surface area contributed by atoms with Crippen LogP contribution in [0.4, 0.5) is 0 Å². The molecule has 1 atom stereocenters. The van der Waals surface area contributed by atoms with Crippen LogP contribution in [-0.2, 0) is 9.53 Å². The molecule has 1 N–H and O–H groups in total. The lowest BCUT2D eigenvalue weighted by Gasteiger charge is -2.31. The van der Waals surface area contributed by atoms with Crippen LogP contribution in [0, 0.1) is 5.92 Å². The Morgan fingerprint density at radius 2 is 2.00 bits per heavy atom. The van der Waals surface area contributed by atoms with Gasteiger partial charge in [-0.25, -0.2) is 0 Å². The van der Waals surface area contributed by atoms with E-state index in [-0.39, 0.29) is 24.4 Å². The first-order chi connectivity index (χ1) is 8.27. The summed E-state index contributed by atoms with van der Waals surface area (Å²) < 4.78 is 5.68. The van der Waals surface area contributed by atoms with Gasteiger partial charge in [0.25, 0.3) is 0 Å². The maximum absolute atomic E-state index is 12.2. The number of nitrogens with zero attached hydrogens (tertiary/aromatic N) is 1. The summed E-state index contributed by atoms with van der Waals surface area (Å²) in [5.41, 5.74) is 0. The zero-order chi connectivity index (χ0) is 12.1. The molecule has 0 bridgehead atoms. The Balaban J connectivity index is 0.00000162. The number of carbonyl (C=O) groups excluding carboxylic acids is 1. The first-order valence-electron chi connectivity index (χ1n) is 6.84. The minimum Gasteiger partial charge on any atom is -0.376 e. The van der Waals surface area contributed by atoms with Crippen LogP contribution in [0.25, 0.3) is 0 Å². The second-order valence-electron chi connectivity index (χ2n) is 5.23. The normalized spacial score (nSPS) is 25.3. The number of likely N-dealkylation sites (N-methyl/N-ethyl adjacent to an activating group) is 1. The molecule has 4 nitrogen and oxygen atoms in total. The number of halogens is 1. The van der Waals surface area contributed by atoms with Gasteiger partial charge in [0.05, 0.1) is 6.10 Å². The van der Waals surface area contributed by atoms with Crippen molar-refractivity contribution < 1.29 is 9.53 Å². The van der Waals surface area contributed by atoms with Crippen molar-refractivity contribution in [3.05, 3.63) is 0 Å². The minimum absolute atomic E-state index is 0. The summed E-state index contributed by atoms with van der Waals surface area (Å²) in [6.07, 6.45) is 5.73. The molecule has 1 amide bonds. The van der Waals surface area contributed by atoms with Crippen LogP contribution in [0.5, 0.6) is 0 Å². The van der Waals surface area contributed by atoms with Gasteiger partial charge in [0.2, 0.25) is 5.91 Å². The molecule has 0 aliphatic carbocycles. The number of nitrogens with one attached hydrogen (secondary N) is 1. The summed E-state index contributed by atoms with van der Waals surface area (Å²) in [7, 11) is 1.92. The smallest absolute Gasteiger partial charge is 0.225 e. The molecule has 5 heteroatoms. The first kappa shape index (κ1) is 15.7. The molecule has 0 aromatic carbocycles. The molecule has 2 fully saturated rings. The molecule has 18 heavy (non-hydrogen) atoms. The van der Waals surface area contributed by atoms with Crippen molar-refractivity contribution in [2.45, 2.75) is 38.2 Å². The highest BCUT2D eigenvalue weighted by Gasteiger charge is 2.26. The third-order valence-corrected chi connectivity index (χ3v) is 3.82. The quantitative estimate of drug-likeness (QED) is 0.848. The zero-order valence-corrected chi connectivity index (χ0v) is 12.0. The van der Waals surface area contributed by atoms with Gasteiger partial charge in [0.1, 0.15) is 0 Å². The van der Waals surface area contributed by atoms with E-state index in [9.17, 15) is 4.79 Å². The van der Waals surface area contributed by atoms with E-state index >= 15 is 0 Å². The number of hydrogen-bond acceptors (Lipinski definition) is 3. The molecule has 2 aliphatic rings. The molecule has 106 valence electrons. The lowest BCUT2D eigenvalue weighted by molar-refractivity contribution is -0.137. The lowest BCUT2D eigenvalue weighted by Crippen LogP contribution is -2.43. The predicted octanol–water partition coefficient (Wildman–Crippen LogP) is 1.44. The Kier molecular flexibility index (Phi) is 6.97. The number of ether oxygens (including phenoxy) is 1. The van der Waals surface area contributed by atoms with E-state index in [0.717, 1.165) is 45.5 Å². The topological polar surface area (TPSA) is 41.6 Å². The summed E-state index contributed by atoms with van der Waals surface area (Å²) in [4.78, 5) is 14.1. The van der Waals surface area contributed by atoms with Gasteiger partial charge in [-0.05, 0) is 45.2 Å². The maximum Gasteiger partial charge on any atom is 0.225 e. The van der Waals surface area contributed by atoms with E-state index < -0.39 is 0 Å². The molecule has 0 aromatic heterocycles. The van der Waals surface area contributed by atoms with Crippen molar-refractivity contribution >= 4 is 18.3 Å². The summed E-state index contributed by atoms with van der Waals surface area (Å²) in [6.45, 7) is 3.58. The van der Waals surface area contributed by atoms with Crippen LogP contribution in [-0.4, -0.2) is 50.2 Å². The molecular weight excluding hydrogens is 252 g/mol. The molecular formula is C13H25ClN2O2. The van der Waals surface area contributed by atoms with Gasteiger partial charge in [0, 0.05) is 26.1 Å². The van der Waals surface area contributed by atoms with Crippen LogP contribution in [0.3, 0.4) is 0 Å². The van der Waals surface area contributed by atoms with E-state index in [1.807, 2.05) is 11.9 Å². The Morgan fingerprint density at radius 1 is 1.28 bits per heavy atom. The Hall–Kier alpha value is -0.320. The Bertz CT molecular complexity index is 251. The number of piperidine rings is 1. The van der Waals surface area contributed by atoms with Crippen LogP contribution < -0.4 is 5.32 Å². The van der Waals surface area contributed by atoms with Gasteiger partial charge in [0.15, 0.2) is 0 Å². The van der Waals surface area contributed by atoms with Gasteiger partial charge in [-0.1, -0.05) is 0 Å². The van der Waals surface area contributed by atoms with Crippen LogP contribution in [0.15, 0.2) is 0 Å². The van der Waals surface area contributed by atoms with Crippen molar-refractivity contribution in [2.75, 3.05) is 33.3 Å². The fraction of sp³-hybridized carbons (Fsp3) is 0.923. The number of hydrogen-bond donors (Lipinski definition) is 1. The summed E-state index contributed by atoms with van der Waals surface area (Å²) in [5, 5.41) is 3.29. The lowest BCUT2D eigenvalue weighted by atomic mass is 9.96. The molecule has 2 saturated heterocycles. The van der Waals surface area contributed by atoms with Crippen molar-refractivity contribution in [3.8, 4) is 0 Å². The van der Waals surface area contributed by atoms with Gasteiger partial charge >= 0.3 is 0 Å². The SMILES string of the molecule is CN(CC1CCCCO1)C(=O)C1CCNCC1.Cl. The average Bonchev–Trinajstić information content (AvgIpc) is 2.40. The molecule has 1 unspecified atom stereocenters. The van der Waals surface area contributed by atoms with Crippen LogP contribution in [0.1, 0.15) is 32.1 Å².